The van der Waals surface area contributed by atoms with E-state index < -0.39 is 0 Å². The number of carbonyl (C=O) groups is 1. The van der Waals surface area contributed by atoms with E-state index in [9.17, 15) is 4.79 Å². The lowest BCUT2D eigenvalue weighted by Gasteiger charge is -2.11. The third kappa shape index (κ3) is 3.17. The fraction of sp³-hybridized carbons (Fsp3) is 0.273. The zero-order chi connectivity index (χ0) is 11.8. The Kier molecular flexibility index (Phi) is 4.67. The number of nitriles is 1. The summed E-state index contributed by atoms with van der Waals surface area (Å²) in [5.74, 6) is 0.675. The highest BCUT2D eigenvalue weighted by Gasteiger charge is 2.03. The normalized spacial score (nSPS) is 9.00. The van der Waals surface area contributed by atoms with Gasteiger partial charge in [0.25, 0.3) is 0 Å². The van der Waals surface area contributed by atoms with E-state index in [4.69, 9.17) is 10.00 Å². The van der Waals surface area contributed by atoms with E-state index in [0.29, 0.717) is 30.8 Å². The number of methoxy groups -OCH3 is 1. The largest absolute Gasteiger partial charge is 0.495 e. The number of benzene rings is 1. The lowest BCUT2D eigenvalue weighted by atomic mass is 10.2. The molecule has 0 aliphatic carbocycles. The third-order valence-electron chi connectivity index (χ3n) is 1.98. The van der Waals surface area contributed by atoms with Gasteiger partial charge in [-0.3, -0.25) is 4.79 Å². The molecule has 84 valence electrons. The van der Waals surface area contributed by atoms with Crippen LogP contribution in [0.4, 0.5) is 11.4 Å². The van der Waals surface area contributed by atoms with Crippen LogP contribution in [0.1, 0.15) is 6.42 Å². The van der Waals surface area contributed by atoms with Crippen LogP contribution >= 0.6 is 0 Å². The topological polar surface area (TPSA) is 74.2 Å². The Labute approximate surface area is 94.0 Å². The van der Waals surface area contributed by atoms with Gasteiger partial charge in [-0.2, -0.15) is 5.26 Å². The monoisotopic (exact) mass is 219 g/mol. The van der Waals surface area contributed by atoms with Crippen LogP contribution in [0.25, 0.3) is 0 Å². The lowest BCUT2D eigenvalue weighted by Crippen LogP contribution is -2.03. The lowest BCUT2D eigenvalue weighted by molar-refractivity contribution is -0.105. The maximum atomic E-state index is 10.3. The average molecular weight is 219 g/mol. The number of hydrogen-bond donors (Lipinski definition) is 2. The summed E-state index contributed by atoms with van der Waals surface area (Å²) in [5.41, 5.74) is 1.43. The number of carbonyl (C=O) groups excluding carboxylic acids is 1. The number of amides is 1. The molecular formula is C11H13N3O2. The first kappa shape index (κ1) is 11.9. The van der Waals surface area contributed by atoms with Gasteiger partial charge in [0.15, 0.2) is 0 Å². The molecule has 1 aromatic carbocycles. The minimum Gasteiger partial charge on any atom is -0.495 e. The number of anilines is 2. The van der Waals surface area contributed by atoms with Crippen molar-refractivity contribution in [1.82, 2.24) is 0 Å². The SMILES string of the molecule is COc1ccc(NC=O)cc1NCCC#N. The Morgan fingerprint density at radius 2 is 2.38 bits per heavy atom. The van der Waals surface area contributed by atoms with Crippen LogP contribution in [0, 0.1) is 11.3 Å². The summed E-state index contributed by atoms with van der Waals surface area (Å²) in [6.45, 7) is 0.539. The van der Waals surface area contributed by atoms with Gasteiger partial charge >= 0.3 is 0 Å². The number of ether oxygens (including phenoxy) is 1. The molecule has 0 aromatic heterocycles. The molecule has 1 aromatic rings. The van der Waals surface area contributed by atoms with Crippen molar-refractivity contribution >= 4 is 17.8 Å². The van der Waals surface area contributed by atoms with E-state index in [2.05, 4.69) is 10.6 Å². The molecule has 0 heterocycles. The summed E-state index contributed by atoms with van der Waals surface area (Å²) in [4.78, 5) is 10.3. The Hall–Kier alpha value is -2.22. The number of nitrogens with zero attached hydrogens (tertiary/aromatic N) is 1. The van der Waals surface area contributed by atoms with Gasteiger partial charge in [-0.25, -0.2) is 0 Å². The van der Waals surface area contributed by atoms with E-state index in [1.54, 1.807) is 25.3 Å². The van der Waals surface area contributed by atoms with E-state index in [-0.39, 0.29) is 0 Å². The smallest absolute Gasteiger partial charge is 0.211 e. The molecular weight excluding hydrogens is 206 g/mol. The Bertz CT molecular complexity index is 399. The van der Waals surface area contributed by atoms with E-state index >= 15 is 0 Å². The number of nitrogens with one attached hydrogen (secondary N) is 2. The van der Waals surface area contributed by atoms with Crippen molar-refractivity contribution in [2.45, 2.75) is 6.42 Å². The summed E-state index contributed by atoms with van der Waals surface area (Å²) in [5, 5.41) is 14.0. The molecule has 0 aliphatic heterocycles. The van der Waals surface area contributed by atoms with Crippen LogP contribution in [0.15, 0.2) is 18.2 Å². The zero-order valence-electron chi connectivity index (χ0n) is 8.99. The standard InChI is InChI=1S/C11H13N3O2/c1-16-11-4-3-9(14-8-15)7-10(11)13-6-2-5-12/h3-4,7-8,13H,2,6H2,1H3,(H,14,15). The third-order valence-corrected chi connectivity index (χ3v) is 1.98. The van der Waals surface area contributed by atoms with Gasteiger partial charge in [0, 0.05) is 12.2 Å². The Balaban J connectivity index is 2.80. The summed E-state index contributed by atoms with van der Waals surface area (Å²) in [7, 11) is 1.57. The second kappa shape index (κ2) is 6.30. The molecule has 0 atom stereocenters. The van der Waals surface area contributed by atoms with Gasteiger partial charge in [0.05, 0.1) is 25.3 Å². The maximum Gasteiger partial charge on any atom is 0.211 e. The summed E-state index contributed by atoms with van der Waals surface area (Å²) < 4.78 is 5.15. The molecule has 16 heavy (non-hydrogen) atoms. The highest BCUT2D eigenvalue weighted by atomic mass is 16.5. The van der Waals surface area contributed by atoms with Crippen molar-refractivity contribution in [1.29, 1.82) is 5.26 Å². The molecule has 0 bridgehead atoms. The molecule has 0 saturated carbocycles. The van der Waals surface area contributed by atoms with Crippen LogP contribution < -0.4 is 15.4 Å². The van der Waals surface area contributed by atoms with Crippen molar-refractivity contribution in [3.63, 3.8) is 0 Å². The predicted octanol–water partition coefficient (Wildman–Crippen LogP) is 1.59. The van der Waals surface area contributed by atoms with Gasteiger partial charge in [-0.1, -0.05) is 0 Å². The first-order valence-electron chi connectivity index (χ1n) is 4.81. The number of hydrogen-bond acceptors (Lipinski definition) is 4. The summed E-state index contributed by atoms with van der Waals surface area (Å²) in [6.07, 6.45) is 1.02. The van der Waals surface area contributed by atoms with Gasteiger partial charge in [-0.05, 0) is 18.2 Å². The van der Waals surface area contributed by atoms with E-state index in [1.807, 2.05) is 6.07 Å². The molecule has 1 amide bonds. The first-order valence-corrected chi connectivity index (χ1v) is 4.81. The highest BCUT2D eigenvalue weighted by Crippen LogP contribution is 2.27. The van der Waals surface area contributed by atoms with E-state index in [0.717, 1.165) is 5.69 Å². The van der Waals surface area contributed by atoms with Crippen molar-refractivity contribution in [3.05, 3.63) is 18.2 Å². The molecule has 0 unspecified atom stereocenters. The molecule has 2 N–H and O–H groups in total. The van der Waals surface area contributed by atoms with Gasteiger partial charge in [-0.15, -0.1) is 0 Å². The summed E-state index contributed by atoms with van der Waals surface area (Å²) >= 11 is 0. The molecule has 0 aliphatic rings. The first-order chi connectivity index (χ1) is 7.81. The van der Waals surface area contributed by atoms with Crippen molar-refractivity contribution < 1.29 is 9.53 Å². The molecule has 1 rings (SSSR count). The van der Waals surface area contributed by atoms with Gasteiger partial charge < -0.3 is 15.4 Å². The van der Waals surface area contributed by atoms with Gasteiger partial charge in [0.2, 0.25) is 6.41 Å². The molecule has 5 nitrogen and oxygen atoms in total. The Morgan fingerprint density at radius 1 is 1.56 bits per heavy atom. The van der Waals surface area contributed by atoms with Crippen molar-refractivity contribution in [2.24, 2.45) is 0 Å². The van der Waals surface area contributed by atoms with Crippen LogP contribution in [0.3, 0.4) is 0 Å². The highest BCUT2D eigenvalue weighted by molar-refractivity contribution is 5.75. The molecule has 0 spiro atoms. The van der Waals surface area contributed by atoms with Gasteiger partial charge in [0.1, 0.15) is 5.75 Å². The minimum atomic E-state index is 0.411. The molecule has 5 heteroatoms. The van der Waals surface area contributed by atoms with Crippen LogP contribution in [0.5, 0.6) is 5.75 Å². The fourth-order valence-corrected chi connectivity index (χ4v) is 1.26. The second-order valence-corrected chi connectivity index (χ2v) is 3.01. The van der Waals surface area contributed by atoms with Crippen LogP contribution in [-0.2, 0) is 4.79 Å². The second-order valence-electron chi connectivity index (χ2n) is 3.01. The predicted molar refractivity (Wildman–Crippen MR) is 61.4 cm³/mol. The maximum absolute atomic E-state index is 10.3. The fourth-order valence-electron chi connectivity index (χ4n) is 1.26. The van der Waals surface area contributed by atoms with Crippen molar-refractivity contribution in [3.8, 4) is 11.8 Å². The van der Waals surface area contributed by atoms with E-state index in [1.165, 1.54) is 0 Å². The average Bonchev–Trinajstić information content (AvgIpc) is 2.30. The summed E-state index contributed by atoms with van der Waals surface area (Å²) in [6, 6.07) is 7.28. The number of rotatable bonds is 6. The Morgan fingerprint density at radius 3 is 3.00 bits per heavy atom. The van der Waals surface area contributed by atoms with Crippen molar-refractivity contribution in [2.75, 3.05) is 24.3 Å². The molecule has 0 fully saturated rings. The molecule has 0 saturated heterocycles. The quantitative estimate of drug-likeness (QED) is 0.562. The molecule has 0 radical (unpaired) electrons. The zero-order valence-corrected chi connectivity index (χ0v) is 8.99. The minimum absolute atomic E-state index is 0.411. The van der Waals surface area contributed by atoms with Crippen LogP contribution in [-0.4, -0.2) is 20.1 Å². The van der Waals surface area contributed by atoms with Crippen LogP contribution in [0.2, 0.25) is 0 Å².